The van der Waals surface area contributed by atoms with Crippen molar-refractivity contribution in [3.05, 3.63) is 42.2 Å². The van der Waals surface area contributed by atoms with E-state index in [1.807, 2.05) is 44.3 Å². The first kappa shape index (κ1) is 14.6. The van der Waals surface area contributed by atoms with Crippen LogP contribution in [0.15, 0.2) is 41.6 Å². The summed E-state index contributed by atoms with van der Waals surface area (Å²) in [6, 6.07) is 8.07. The number of esters is 1. The third kappa shape index (κ3) is 4.09. The molecule has 2 rings (SSSR count). The van der Waals surface area contributed by atoms with Gasteiger partial charge in [-0.25, -0.2) is 4.68 Å². The highest BCUT2D eigenvalue weighted by atomic mass is 32.2. The number of hydrogen-bond donors (Lipinski definition) is 0. The lowest BCUT2D eigenvalue weighted by molar-refractivity contribution is -0.142. The molecule has 0 aliphatic carbocycles. The van der Waals surface area contributed by atoms with Crippen LogP contribution in [0.3, 0.4) is 0 Å². The number of aromatic nitrogens is 3. The molecule has 2 aromatic rings. The molecule has 20 heavy (non-hydrogen) atoms. The number of rotatable bonds is 6. The summed E-state index contributed by atoms with van der Waals surface area (Å²) in [4.78, 5) is 12.6. The maximum atomic E-state index is 11.6. The van der Waals surface area contributed by atoms with Crippen molar-refractivity contribution in [1.29, 1.82) is 0 Å². The molecule has 0 aliphatic heterocycles. The molecule has 0 saturated heterocycles. The third-order valence-electron chi connectivity index (χ3n) is 2.67. The first-order valence-corrected chi connectivity index (χ1v) is 7.33. The Bertz CT molecular complexity index is 540. The lowest BCUT2D eigenvalue weighted by Crippen LogP contribution is -2.16. The molecule has 1 unspecified atom stereocenters. The molecule has 0 bridgehead atoms. The molecular weight excluding hydrogens is 274 g/mol. The van der Waals surface area contributed by atoms with E-state index < -0.39 is 0 Å². The van der Waals surface area contributed by atoms with Gasteiger partial charge in [0.05, 0.1) is 19.3 Å². The molecule has 1 heterocycles. The van der Waals surface area contributed by atoms with Gasteiger partial charge in [0.25, 0.3) is 0 Å². The van der Waals surface area contributed by atoms with Crippen molar-refractivity contribution in [2.75, 3.05) is 6.61 Å². The average Bonchev–Trinajstić information content (AvgIpc) is 2.94. The fourth-order valence-electron chi connectivity index (χ4n) is 1.69. The zero-order valence-electron chi connectivity index (χ0n) is 11.5. The van der Waals surface area contributed by atoms with Gasteiger partial charge in [-0.3, -0.25) is 4.79 Å². The monoisotopic (exact) mass is 291 g/mol. The van der Waals surface area contributed by atoms with E-state index in [1.165, 1.54) is 11.8 Å². The largest absolute Gasteiger partial charge is 0.465 e. The van der Waals surface area contributed by atoms with Crippen molar-refractivity contribution in [1.82, 2.24) is 15.0 Å². The van der Waals surface area contributed by atoms with Crippen LogP contribution in [0.4, 0.5) is 0 Å². The Balaban J connectivity index is 1.92. The van der Waals surface area contributed by atoms with Crippen molar-refractivity contribution in [2.24, 2.45) is 0 Å². The summed E-state index contributed by atoms with van der Waals surface area (Å²) in [6.45, 7) is 4.78. The van der Waals surface area contributed by atoms with Crippen molar-refractivity contribution in [2.45, 2.75) is 30.5 Å². The summed E-state index contributed by atoms with van der Waals surface area (Å²) < 4.78 is 6.76. The number of carbonyl (C=O) groups is 1. The summed E-state index contributed by atoms with van der Waals surface area (Å²) in [5.41, 5.74) is 1.14. The molecule has 0 amide bonds. The van der Waals surface area contributed by atoms with Crippen LogP contribution in [0.1, 0.15) is 19.4 Å². The Morgan fingerprint density at radius 2 is 2.15 bits per heavy atom. The van der Waals surface area contributed by atoms with E-state index in [2.05, 4.69) is 10.3 Å². The smallest absolute Gasteiger partial charge is 0.319 e. The number of carbonyl (C=O) groups excluding carboxylic acids is 1. The molecule has 0 N–H and O–H groups in total. The normalized spacial score (nSPS) is 12.1. The van der Waals surface area contributed by atoms with Crippen LogP contribution in [-0.4, -0.2) is 32.8 Å². The minimum atomic E-state index is -0.198. The van der Waals surface area contributed by atoms with Crippen molar-refractivity contribution >= 4 is 17.7 Å². The molecular formula is C14H17N3O2S. The number of benzene rings is 1. The number of nitrogens with zero attached hydrogens (tertiary/aromatic N) is 3. The zero-order valence-corrected chi connectivity index (χ0v) is 12.3. The highest BCUT2D eigenvalue weighted by Crippen LogP contribution is 2.24. The van der Waals surface area contributed by atoms with Crippen LogP contribution in [-0.2, 0) is 16.1 Å². The van der Waals surface area contributed by atoms with Crippen LogP contribution in [0, 0.1) is 0 Å². The number of hydrogen-bond acceptors (Lipinski definition) is 5. The van der Waals surface area contributed by atoms with Gasteiger partial charge in [-0.1, -0.05) is 17.3 Å². The maximum Gasteiger partial charge on any atom is 0.319 e. The molecule has 106 valence electrons. The molecule has 0 radical (unpaired) electrons. The van der Waals surface area contributed by atoms with E-state index in [-0.39, 0.29) is 11.2 Å². The highest BCUT2D eigenvalue weighted by Gasteiger charge is 2.15. The van der Waals surface area contributed by atoms with E-state index in [0.717, 1.165) is 10.5 Å². The topological polar surface area (TPSA) is 57.0 Å². The average molecular weight is 291 g/mol. The maximum absolute atomic E-state index is 11.6. The molecule has 0 spiro atoms. The first-order chi connectivity index (χ1) is 9.69. The molecule has 0 fully saturated rings. The summed E-state index contributed by atoms with van der Waals surface area (Å²) >= 11 is 1.50. The second kappa shape index (κ2) is 7.09. The molecule has 0 saturated carbocycles. The minimum Gasteiger partial charge on any atom is -0.465 e. The standard InChI is InChI=1S/C14H17N3O2S/c1-3-19-14(18)11(2)20-13-6-4-12(5-7-13)10-17-9-8-15-16-17/h4-9,11H,3,10H2,1-2H3. The Hall–Kier alpha value is -1.82. The quantitative estimate of drug-likeness (QED) is 0.604. The Morgan fingerprint density at radius 1 is 1.40 bits per heavy atom. The van der Waals surface area contributed by atoms with Gasteiger partial charge in [0.1, 0.15) is 5.25 Å². The Morgan fingerprint density at radius 3 is 2.75 bits per heavy atom. The predicted octanol–water partition coefficient (Wildman–Crippen LogP) is 2.37. The van der Waals surface area contributed by atoms with E-state index in [4.69, 9.17) is 4.74 Å². The zero-order chi connectivity index (χ0) is 14.4. The number of thioether (sulfide) groups is 1. The molecule has 5 nitrogen and oxygen atoms in total. The predicted molar refractivity (Wildman–Crippen MR) is 77.5 cm³/mol. The highest BCUT2D eigenvalue weighted by molar-refractivity contribution is 8.00. The SMILES string of the molecule is CCOC(=O)C(C)Sc1ccc(Cn2ccnn2)cc1. The first-order valence-electron chi connectivity index (χ1n) is 6.45. The fraction of sp³-hybridized carbons (Fsp3) is 0.357. The van der Waals surface area contributed by atoms with Gasteiger partial charge in [-0.05, 0) is 31.5 Å². The van der Waals surface area contributed by atoms with Gasteiger partial charge >= 0.3 is 5.97 Å². The fourth-order valence-corrected chi connectivity index (χ4v) is 2.56. The third-order valence-corrected chi connectivity index (χ3v) is 3.76. The van der Waals surface area contributed by atoms with Crippen LogP contribution < -0.4 is 0 Å². The summed E-state index contributed by atoms with van der Waals surface area (Å²) in [7, 11) is 0. The summed E-state index contributed by atoms with van der Waals surface area (Å²) in [5.74, 6) is -0.177. The molecule has 0 aliphatic rings. The molecule has 1 aromatic carbocycles. The van der Waals surface area contributed by atoms with Gasteiger partial charge in [0, 0.05) is 11.1 Å². The van der Waals surface area contributed by atoms with Gasteiger partial charge in [0.2, 0.25) is 0 Å². The van der Waals surface area contributed by atoms with Crippen LogP contribution in [0.25, 0.3) is 0 Å². The van der Waals surface area contributed by atoms with Gasteiger partial charge in [-0.15, -0.1) is 16.9 Å². The van der Waals surface area contributed by atoms with E-state index >= 15 is 0 Å². The van der Waals surface area contributed by atoms with Crippen molar-refractivity contribution < 1.29 is 9.53 Å². The van der Waals surface area contributed by atoms with Crippen LogP contribution in [0.2, 0.25) is 0 Å². The minimum absolute atomic E-state index is 0.177. The van der Waals surface area contributed by atoms with Gasteiger partial charge in [-0.2, -0.15) is 0 Å². The Labute approximate surface area is 122 Å². The Kier molecular flexibility index (Phi) is 5.17. The number of ether oxygens (including phenoxy) is 1. The van der Waals surface area contributed by atoms with E-state index in [1.54, 1.807) is 10.9 Å². The van der Waals surface area contributed by atoms with E-state index in [0.29, 0.717) is 13.2 Å². The van der Waals surface area contributed by atoms with E-state index in [9.17, 15) is 4.79 Å². The van der Waals surface area contributed by atoms with Crippen molar-refractivity contribution in [3.63, 3.8) is 0 Å². The van der Waals surface area contributed by atoms with Gasteiger partial charge in [0.15, 0.2) is 0 Å². The second-order valence-corrected chi connectivity index (χ2v) is 5.67. The molecule has 6 heteroatoms. The van der Waals surface area contributed by atoms with Gasteiger partial charge < -0.3 is 4.74 Å². The lowest BCUT2D eigenvalue weighted by Gasteiger charge is -2.10. The second-order valence-electron chi connectivity index (χ2n) is 4.26. The van der Waals surface area contributed by atoms with Crippen LogP contribution in [0.5, 0.6) is 0 Å². The summed E-state index contributed by atoms with van der Waals surface area (Å²) in [5, 5.41) is 7.50. The van der Waals surface area contributed by atoms with Crippen LogP contribution >= 0.6 is 11.8 Å². The molecule has 1 atom stereocenters. The summed E-state index contributed by atoms with van der Waals surface area (Å²) in [6.07, 6.45) is 3.48. The lowest BCUT2D eigenvalue weighted by atomic mass is 10.2. The molecule has 1 aromatic heterocycles. The van der Waals surface area contributed by atoms with Crippen molar-refractivity contribution in [3.8, 4) is 0 Å².